The maximum Gasteiger partial charge on any atom is 0.408 e. The summed E-state index contributed by atoms with van der Waals surface area (Å²) < 4.78 is 12.6. The molecule has 1 aliphatic rings. The fraction of sp³-hybridized carbons (Fsp3) is 0.909. The Morgan fingerprint density at radius 2 is 2.12 bits per heavy atom. The SMILES string of the molecule is CC(C)(C)N(C(=O)O)C1CNCC(CF)C1. The second-order valence-corrected chi connectivity index (χ2v) is 5.39. The molecule has 1 aliphatic heterocycles. The fourth-order valence-corrected chi connectivity index (χ4v) is 2.31. The van der Waals surface area contributed by atoms with Gasteiger partial charge in [0.25, 0.3) is 0 Å². The van der Waals surface area contributed by atoms with Crippen LogP contribution in [0.4, 0.5) is 9.18 Å². The Bertz CT molecular complexity index is 253. The molecule has 16 heavy (non-hydrogen) atoms. The largest absolute Gasteiger partial charge is 0.465 e. The van der Waals surface area contributed by atoms with E-state index in [0.29, 0.717) is 19.5 Å². The first kappa shape index (κ1) is 13.2. The minimum atomic E-state index is -0.932. The van der Waals surface area contributed by atoms with Gasteiger partial charge in [-0.3, -0.25) is 9.29 Å². The highest BCUT2D eigenvalue weighted by Crippen LogP contribution is 2.23. The average Bonchev–Trinajstić information content (AvgIpc) is 2.15. The fourth-order valence-electron chi connectivity index (χ4n) is 2.31. The van der Waals surface area contributed by atoms with Crippen LogP contribution >= 0.6 is 0 Å². The summed E-state index contributed by atoms with van der Waals surface area (Å²) in [6.45, 7) is 6.45. The van der Waals surface area contributed by atoms with E-state index in [4.69, 9.17) is 0 Å². The van der Waals surface area contributed by atoms with Crippen molar-refractivity contribution in [2.75, 3.05) is 19.8 Å². The topological polar surface area (TPSA) is 52.6 Å². The minimum Gasteiger partial charge on any atom is -0.465 e. The van der Waals surface area contributed by atoms with Crippen molar-refractivity contribution < 1.29 is 14.3 Å². The van der Waals surface area contributed by atoms with Gasteiger partial charge >= 0.3 is 6.09 Å². The van der Waals surface area contributed by atoms with Crippen LogP contribution in [-0.4, -0.2) is 47.4 Å². The summed E-state index contributed by atoms with van der Waals surface area (Å²) in [7, 11) is 0. The predicted octanol–water partition coefficient (Wildman–Crippen LogP) is 1.71. The van der Waals surface area contributed by atoms with Crippen LogP contribution in [0, 0.1) is 5.92 Å². The maximum atomic E-state index is 12.6. The molecule has 0 bridgehead atoms. The zero-order valence-corrected chi connectivity index (χ0v) is 10.2. The number of carbonyl (C=O) groups is 1. The lowest BCUT2D eigenvalue weighted by Gasteiger charge is -2.43. The molecule has 1 heterocycles. The van der Waals surface area contributed by atoms with Crippen molar-refractivity contribution in [1.29, 1.82) is 0 Å². The summed E-state index contributed by atoms with van der Waals surface area (Å²) in [5.74, 6) is -0.0667. The number of amides is 1. The highest BCUT2D eigenvalue weighted by molar-refractivity contribution is 5.66. The molecular weight excluding hydrogens is 211 g/mol. The summed E-state index contributed by atoms with van der Waals surface area (Å²) in [6, 6.07) is -0.132. The zero-order valence-electron chi connectivity index (χ0n) is 10.2. The zero-order chi connectivity index (χ0) is 12.3. The van der Waals surface area contributed by atoms with E-state index >= 15 is 0 Å². The number of nitrogens with zero attached hydrogens (tertiary/aromatic N) is 1. The van der Waals surface area contributed by atoms with Crippen molar-refractivity contribution in [1.82, 2.24) is 10.2 Å². The molecule has 0 aliphatic carbocycles. The highest BCUT2D eigenvalue weighted by atomic mass is 19.1. The average molecular weight is 232 g/mol. The van der Waals surface area contributed by atoms with Gasteiger partial charge in [-0.1, -0.05) is 0 Å². The molecule has 0 saturated carbocycles. The lowest BCUT2D eigenvalue weighted by molar-refractivity contribution is 0.0502. The monoisotopic (exact) mass is 232 g/mol. The third kappa shape index (κ3) is 3.07. The van der Waals surface area contributed by atoms with E-state index in [1.165, 1.54) is 4.90 Å². The summed E-state index contributed by atoms with van der Waals surface area (Å²) in [6.07, 6.45) is -0.327. The number of nitrogens with one attached hydrogen (secondary N) is 1. The Hall–Kier alpha value is -0.840. The quantitative estimate of drug-likeness (QED) is 0.762. The first-order valence-corrected chi connectivity index (χ1v) is 5.65. The van der Waals surface area contributed by atoms with Crippen molar-refractivity contribution in [2.24, 2.45) is 5.92 Å². The summed E-state index contributed by atoms with van der Waals surface area (Å²) in [5, 5.41) is 12.3. The molecular formula is C11H21FN2O2. The number of rotatable bonds is 2. The summed E-state index contributed by atoms with van der Waals surface area (Å²) in [5.41, 5.74) is -0.448. The molecule has 1 saturated heterocycles. The maximum absolute atomic E-state index is 12.6. The molecule has 0 radical (unpaired) electrons. The van der Waals surface area contributed by atoms with Crippen LogP contribution in [0.3, 0.4) is 0 Å². The van der Waals surface area contributed by atoms with Gasteiger partial charge < -0.3 is 10.4 Å². The number of halogens is 1. The van der Waals surface area contributed by atoms with Crippen molar-refractivity contribution in [3.63, 3.8) is 0 Å². The second kappa shape index (κ2) is 4.99. The smallest absolute Gasteiger partial charge is 0.408 e. The van der Waals surface area contributed by atoms with Gasteiger partial charge in [0.1, 0.15) is 0 Å². The van der Waals surface area contributed by atoms with E-state index in [1.54, 1.807) is 0 Å². The Balaban J connectivity index is 2.75. The van der Waals surface area contributed by atoms with E-state index in [9.17, 15) is 14.3 Å². The van der Waals surface area contributed by atoms with Gasteiger partial charge in [0.15, 0.2) is 0 Å². The van der Waals surface area contributed by atoms with Gasteiger partial charge in [0, 0.05) is 30.6 Å². The van der Waals surface area contributed by atoms with Crippen LogP contribution < -0.4 is 5.32 Å². The molecule has 1 amide bonds. The van der Waals surface area contributed by atoms with E-state index in [2.05, 4.69) is 5.32 Å². The number of hydrogen-bond acceptors (Lipinski definition) is 2. The van der Waals surface area contributed by atoms with E-state index < -0.39 is 11.6 Å². The second-order valence-electron chi connectivity index (χ2n) is 5.39. The van der Waals surface area contributed by atoms with Crippen molar-refractivity contribution in [3.05, 3.63) is 0 Å². The molecule has 2 unspecified atom stereocenters. The molecule has 0 aromatic carbocycles. The summed E-state index contributed by atoms with van der Waals surface area (Å²) >= 11 is 0. The summed E-state index contributed by atoms with van der Waals surface area (Å²) in [4.78, 5) is 12.7. The van der Waals surface area contributed by atoms with Crippen LogP contribution in [0.5, 0.6) is 0 Å². The van der Waals surface area contributed by atoms with Gasteiger partial charge in [-0.25, -0.2) is 4.79 Å². The standard InChI is InChI=1S/C11H21FN2O2/c1-11(2,3)14(10(15)16)9-4-8(5-12)6-13-7-9/h8-9,13H,4-7H2,1-3H3,(H,15,16). The van der Waals surface area contributed by atoms with Gasteiger partial charge in [0.2, 0.25) is 0 Å². The van der Waals surface area contributed by atoms with Crippen molar-refractivity contribution in [3.8, 4) is 0 Å². The third-order valence-corrected chi connectivity index (χ3v) is 2.93. The molecule has 2 atom stereocenters. The van der Waals surface area contributed by atoms with Crippen LogP contribution in [0.2, 0.25) is 0 Å². The molecule has 94 valence electrons. The van der Waals surface area contributed by atoms with E-state index in [0.717, 1.165) is 0 Å². The van der Waals surface area contributed by atoms with Crippen molar-refractivity contribution >= 4 is 6.09 Å². The number of piperidine rings is 1. The lowest BCUT2D eigenvalue weighted by Crippen LogP contribution is -2.57. The minimum absolute atomic E-state index is 0.0667. The van der Waals surface area contributed by atoms with Gasteiger partial charge in [-0.05, 0) is 27.2 Å². The molecule has 0 aromatic rings. The molecule has 0 aromatic heterocycles. The van der Waals surface area contributed by atoms with Crippen LogP contribution in [0.25, 0.3) is 0 Å². The van der Waals surface area contributed by atoms with E-state index in [1.807, 2.05) is 20.8 Å². The van der Waals surface area contributed by atoms with Crippen LogP contribution in [0.1, 0.15) is 27.2 Å². The van der Waals surface area contributed by atoms with E-state index in [-0.39, 0.29) is 18.6 Å². The van der Waals surface area contributed by atoms with Gasteiger partial charge in [-0.15, -0.1) is 0 Å². The molecule has 2 N–H and O–H groups in total. The van der Waals surface area contributed by atoms with Gasteiger partial charge in [-0.2, -0.15) is 0 Å². The number of alkyl halides is 1. The first-order chi connectivity index (χ1) is 7.36. The lowest BCUT2D eigenvalue weighted by atomic mass is 9.93. The molecule has 0 spiro atoms. The third-order valence-electron chi connectivity index (χ3n) is 2.93. The van der Waals surface area contributed by atoms with Crippen molar-refractivity contribution in [2.45, 2.75) is 38.8 Å². The van der Waals surface area contributed by atoms with Crippen LogP contribution in [0.15, 0.2) is 0 Å². The Morgan fingerprint density at radius 3 is 2.56 bits per heavy atom. The number of hydrogen-bond donors (Lipinski definition) is 2. The molecule has 1 fully saturated rings. The number of carboxylic acid groups (broad SMARTS) is 1. The normalized spacial score (nSPS) is 26.5. The predicted molar refractivity (Wildman–Crippen MR) is 60.4 cm³/mol. The van der Waals surface area contributed by atoms with Crippen LogP contribution in [-0.2, 0) is 0 Å². The highest BCUT2D eigenvalue weighted by Gasteiger charge is 2.36. The Morgan fingerprint density at radius 1 is 1.50 bits per heavy atom. The first-order valence-electron chi connectivity index (χ1n) is 5.65. The Kier molecular flexibility index (Phi) is 4.13. The molecule has 5 heteroatoms. The van der Waals surface area contributed by atoms with Gasteiger partial charge in [0.05, 0.1) is 6.67 Å². The Labute approximate surface area is 95.8 Å². The molecule has 4 nitrogen and oxygen atoms in total. The molecule has 1 rings (SSSR count).